The van der Waals surface area contributed by atoms with Gasteiger partial charge in [-0.05, 0) is 24.7 Å². The van der Waals surface area contributed by atoms with E-state index < -0.39 is 0 Å². The number of aromatic nitrogens is 2. The predicted molar refractivity (Wildman–Crippen MR) is 88.8 cm³/mol. The van der Waals surface area contributed by atoms with Gasteiger partial charge in [0.15, 0.2) is 0 Å². The zero-order chi connectivity index (χ0) is 14.8. The number of ether oxygens (including phenoxy) is 1. The van der Waals surface area contributed by atoms with Gasteiger partial charge in [-0.15, -0.1) is 11.6 Å². The van der Waals surface area contributed by atoms with Crippen LogP contribution in [0.5, 0.6) is 0 Å². The molecule has 1 saturated heterocycles. The second kappa shape index (κ2) is 6.65. The molecule has 1 aromatic heterocycles. The van der Waals surface area contributed by atoms with Crippen molar-refractivity contribution in [2.75, 3.05) is 26.2 Å². The third-order valence-electron chi connectivity index (χ3n) is 3.97. The van der Waals surface area contributed by atoms with Crippen LogP contribution in [0.15, 0.2) is 22.7 Å². The van der Waals surface area contributed by atoms with E-state index in [2.05, 4.69) is 43.4 Å². The van der Waals surface area contributed by atoms with E-state index in [1.165, 1.54) is 0 Å². The molecule has 0 spiro atoms. The number of alkyl halides is 1. The molecule has 21 heavy (non-hydrogen) atoms. The molecule has 0 saturated carbocycles. The molecule has 0 radical (unpaired) electrons. The Labute approximate surface area is 138 Å². The van der Waals surface area contributed by atoms with Crippen LogP contribution in [-0.2, 0) is 17.2 Å². The fourth-order valence-electron chi connectivity index (χ4n) is 2.84. The van der Waals surface area contributed by atoms with E-state index >= 15 is 0 Å². The minimum atomic E-state index is 0.196. The highest BCUT2D eigenvalue weighted by atomic mass is 79.9. The van der Waals surface area contributed by atoms with Crippen LogP contribution in [0.25, 0.3) is 11.0 Å². The molecular formula is C15H19BrClN3O. The lowest BCUT2D eigenvalue weighted by Crippen LogP contribution is -2.44. The van der Waals surface area contributed by atoms with Gasteiger partial charge >= 0.3 is 0 Å². The standard InChI is InChI=1S/C15H19BrClN3O/c1-2-19-5-6-21-12(9-19)10-20-14-4-3-11(16)7-13(14)18-15(20)8-17/h3-4,7,12H,2,5-6,8-10H2,1H3. The van der Waals surface area contributed by atoms with Crippen LogP contribution in [-0.4, -0.2) is 46.8 Å². The molecule has 1 atom stereocenters. The molecule has 1 aliphatic heterocycles. The summed E-state index contributed by atoms with van der Waals surface area (Å²) in [6.07, 6.45) is 0.196. The zero-order valence-electron chi connectivity index (χ0n) is 12.1. The summed E-state index contributed by atoms with van der Waals surface area (Å²) < 4.78 is 9.14. The molecule has 0 N–H and O–H groups in total. The number of benzene rings is 1. The summed E-state index contributed by atoms with van der Waals surface area (Å²) in [6, 6.07) is 6.16. The molecule has 1 fully saturated rings. The van der Waals surface area contributed by atoms with Gasteiger partial charge in [0.1, 0.15) is 5.82 Å². The highest BCUT2D eigenvalue weighted by Crippen LogP contribution is 2.23. The quantitative estimate of drug-likeness (QED) is 0.772. The average molecular weight is 373 g/mol. The molecular weight excluding hydrogens is 354 g/mol. The molecule has 2 heterocycles. The van der Waals surface area contributed by atoms with Crippen molar-refractivity contribution in [3.8, 4) is 0 Å². The van der Waals surface area contributed by atoms with Gasteiger partial charge in [-0.3, -0.25) is 4.90 Å². The Balaban J connectivity index is 1.88. The van der Waals surface area contributed by atoms with E-state index in [1.54, 1.807) is 0 Å². The van der Waals surface area contributed by atoms with Crippen molar-refractivity contribution in [2.45, 2.75) is 25.5 Å². The Kier molecular flexibility index (Phi) is 4.84. The highest BCUT2D eigenvalue weighted by Gasteiger charge is 2.21. The summed E-state index contributed by atoms with van der Waals surface area (Å²) >= 11 is 9.56. The number of hydrogen-bond donors (Lipinski definition) is 0. The third kappa shape index (κ3) is 3.26. The zero-order valence-corrected chi connectivity index (χ0v) is 14.4. The van der Waals surface area contributed by atoms with Gasteiger partial charge in [0.25, 0.3) is 0 Å². The van der Waals surface area contributed by atoms with Gasteiger partial charge in [0.05, 0.1) is 36.2 Å². The van der Waals surface area contributed by atoms with E-state index in [1.807, 2.05) is 12.1 Å². The maximum atomic E-state index is 6.07. The van der Waals surface area contributed by atoms with Crippen LogP contribution in [0.3, 0.4) is 0 Å². The molecule has 3 rings (SSSR count). The van der Waals surface area contributed by atoms with Crippen LogP contribution in [0.4, 0.5) is 0 Å². The van der Waals surface area contributed by atoms with Crippen molar-refractivity contribution >= 4 is 38.6 Å². The summed E-state index contributed by atoms with van der Waals surface area (Å²) in [5.74, 6) is 1.32. The van der Waals surface area contributed by atoms with Crippen molar-refractivity contribution in [2.24, 2.45) is 0 Å². The van der Waals surface area contributed by atoms with Crippen molar-refractivity contribution in [3.05, 3.63) is 28.5 Å². The summed E-state index contributed by atoms with van der Waals surface area (Å²) in [4.78, 5) is 7.05. The van der Waals surface area contributed by atoms with Crippen LogP contribution >= 0.6 is 27.5 Å². The first-order valence-electron chi connectivity index (χ1n) is 7.26. The largest absolute Gasteiger partial charge is 0.374 e. The topological polar surface area (TPSA) is 30.3 Å². The van der Waals surface area contributed by atoms with E-state index in [4.69, 9.17) is 16.3 Å². The van der Waals surface area contributed by atoms with Crippen LogP contribution in [0.2, 0.25) is 0 Å². The number of morpholine rings is 1. The molecule has 1 unspecified atom stereocenters. The van der Waals surface area contributed by atoms with Crippen molar-refractivity contribution in [1.29, 1.82) is 0 Å². The number of hydrogen-bond acceptors (Lipinski definition) is 3. The fraction of sp³-hybridized carbons (Fsp3) is 0.533. The Morgan fingerprint density at radius 3 is 3.10 bits per heavy atom. The lowest BCUT2D eigenvalue weighted by Gasteiger charge is -2.32. The smallest absolute Gasteiger partial charge is 0.124 e. The molecule has 1 aromatic carbocycles. The normalized spacial score (nSPS) is 20.2. The number of likely N-dealkylation sites (N-methyl/N-ethyl adjacent to an activating group) is 1. The number of rotatable bonds is 4. The molecule has 4 nitrogen and oxygen atoms in total. The molecule has 2 aromatic rings. The fourth-order valence-corrected chi connectivity index (χ4v) is 3.39. The number of fused-ring (bicyclic) bond motifs is 1. The van der Waals surface area contributed by atoms with Crippen LogP contribution in [0.1, 0.15) is 12.7 Å². The first-order chi connectivity index (χ1) is 10.2. The Morgan fingerprint density at radius 2 is 2.33 bits per heavy atom. The molecule has 0 amide bonds. The SMILES string of the molecule is CCN1CCOC(Cn2c(CCl)nc3cc(Br)ccc32)C1. The highest BCUT2D eigenvalue weighted by molar-refractivity contribution is 9.10. The van der Waals surface area contributed by atoms with E-state index in [9.17, 15) is 0 Å². The predicted octanol–water partition coefficient (Wildman–Crippen LogP) is 3.26. The summed E-state index contributed by atoms with van der Waals surface area (Å²) in [6.45, 7) is 6.85. The minimum Gasteiger partial charge on any atom is -0.374 e. The van der Waals surface area contributed by atoms with Gasteiger partial charge < -0.3 is 9.30 Å². The molecule has 0 bridgehead atoms. The summed E-state index contributed by atoms with van der Waals surface area (Å²) in [5.41, 5.74) is 2.09. The Bertz CT molecular complexity index is 631. The van der Waals surface area contributed by atoms with E-state index in [0.29, 0.717) is 5.88 Å². The van der Waals surface area contributed by atoms with Gasteiger partial charge in [-0.2, -0.15) is 0 Å². The molecule has 1 aliphatic rings. The molecule has 6 heteroatoms. The van der Waals surface area contributed by atoms with Gasteiger partial charge in [0, 0.05) is 17.6 Å². The van der Waals surface area contributed by atoms with Crippen molar-refractivity contribution < 1.29 is 4.74 Å². The first kappa shape index (κ1) is 15.3. The number of nitrogens with zero attached hydrogens (tertiary/aromatic N) is 3. The summed E-state index contributed by atoms with van der Waals surface area (Å²) in [7, 11) is 0. The van der Waals surface area contributed by atoms with Crippen LogP contribution in [0, 0.1) is 0 Å². The summed E-state index contributed by atoms with van der Waals surface area (Å²) in [5, 5.41) is 0. The minimum absolute atomic E-state index is 0.196. The van der Waals surface area contributed by atoms with Crippen molar-refractivity contribution in [3.63, 3.8) is 0 Å². The second-order valence-electron chi connectivity index (χ2n) is 5.29. The Hall–Kier alpha value is -0.620. The van der Waals surface area contributed by atoms with E-state index in [-0.39, 0.29) is 6.10 Å². The maximum Gasteiger partial charge on any atom is 0.124 e. The van der Waals surface area contributed by atoms with E-state index in [0.717, 1.165) is 54.1 Å². The Morgan fingerprint density at radius 1 is 1.48 bits per heavy atom. The van der Waals surface area contributed by atoms with Gasteiger partial charge in [-0.25, -0.2) is 4.98 Å². The van der Waals surface area contributed by atoms with Gasteiger partial charge in [-0.1, -0.05) is 22.9 Å². The van der Waals surface area contributed by atoms with Gasteiger partial charge in [0.2, 0.25) is 0 Å². The molecule has 0 aliphatic carbocycles. The monoisotopic (exact) mass is 371 g/mol. The third-order valence-corrected chi connectivity index (χ3v) is 4.70. The first-order valence-corrected chi connectivity index (χ1v) is 8.58. The number of imidazole rings is 1. The number of halogens is 2. The average Bonchev–Trinajstić information content (AvgIpc) is 2.84. The lowest BCUT2D eigenvalue weighted by molar-refractivity contribution is -0.0340. The molecule has 114 valence electrons. The second-order valence-corrected chi connectivity index (χ2v) is 6.47. The van der Waals surface area contributed by atoms with Crippen LogP contribution < -0.4 is 0 Å². The van der Waals surface area contributed by atoms with Crippen molar-refractivity contribution in [1.82, 2.24) is 14.5 Å². The maximum absolute atomic E-state index is 6.07. The lowest BCUT2D eigenvalue weighted by atomic mass is 10.2.